The van der Waals surface area contributed by atoms with Crippen LogP contribution >= 0.6 is 24.0 Å². The number of ether oxygens (including phenoxy) is 1. The first-order valence-electron chi connectivity index (χ1n) is 2.70. The molecule has 0 saturated carbocycles. The molecule has 0 heterocycles. The summed E-state index contributed by atoms with van der Waals surface area (Å²) in [6, 6.07) is -0.674. The van der Waals surface area contributed by atoms with Gasteiger partial charge in [0, 0.05) is 5.88 Å². The van der Waals surface area contributed by atoms with Crippen LogP contribution in [-0.2, 0) is 9.53 Å². The van der Waals surface area contributed by atoms with E-state index in [1.165, 1.54) is 0 Å². The second-order valence-corrected chi connectivity index (χ2v) is 1.82. The lowest BCUT2D eigenvalue weighted by atomic mass is 10.4. The van der Waals surface area contributed by atoms with E-state index in [4.69, 9.17) is 17.3 Å². The number of hydrogen-bond donors (Lipinski definition) is 1. The Morgan fingerprint density at radius 2 is 2.30 bits per heavy atom. The first-order chi connectivity index (χ1) is 4.22. The zero-order valence-electron chi connectivity index (χ0n) is 5.67. The van der Waals surface area contributed by atoms with E-state index in [2.05, 4.69) is 4.74 Å². The number of halogens is 2. The van der Waals surface area contributed by atoms with E-state index in [0.717, 1.165) is 0 Å². The molecule has 0 amide bonds. The molecule has 0 aromatic rings. The fraction of sp³-hybridized carbons (Fsp3) is 0.800. The van der Waals surface area contributed by atoms with Gasteiger partial charge in [-0.2, -0.15) is 0 Å². The molecule has 0 aliphatic heterocycles. The molecular weight excluding hydrogens is 177 g/mol. The van der Waals surface area contributed by atoms with Crippen LogP contribution in [0.4, 0.5) is 0 Å². The highest BCUT2D eigenvalue weighted by molar-refractivity contribution is 6.19. The molecule has 0 spiro atoms. The van der Waals surface area contributed by atoms with Gasteiger partial charge < -0.3 is 10.5 Å². The van der Waals surface area contributed by atoms with Gasteiger partial charge in [0.25, 0.3) is 0 Å². The first kappa shape index (κ1) is 12.7. The van der Waals surface area contributed by atoms with Gasteiger partial charge in [0.05, 0.1) is 6.61 Å². The van der Waals surface area contributed by atoms with Crippen molar-refractivity contribution >= 4 is 30.0 Å². The summed E-state index contributed by atoms with van der Waals surface area (Å²) < 4.78 is 4.55. The molecule has 0 aromatic heterocycles. The van der Waals surface area contributed by atoms with Crippen molar-refractivity contribution in [3.63, 3.8) is 0 Å². The number of rotatable bonds is 3. The molecule has 1 unspecified atom stereocenters. The van der Waals surface area contributed by atoms with Gasteiger partial charge in [-0.05, 0) is 6.92 Å². The largest absolute Gasteiger partial charge is 0.465 e. The average Bonchev–Trinajstić information content (AvgIpc) is 1.87. The second-order valence-electron chi connectivity index (χ2n) is 1.51. The molecule has 3 nitrogen and oxygen atoms in total. The predicted molar refractivity (Wildman–Crippen MR) is 42.6 cm³/mol. The highest BCUT2D eigenvalue weighted by Crippen LogP contribution is 1.87. The Hall–Kier alpha value is 0.01000. The van der Waals surface area contributed by atoms with Crippen molar-refractivity contribution in [1.82, 2.24) is 0 Å². The molecule has 62 valence electrons. The molecule has 5 heteroatoms. The summed E-state index contributed by atoms with van der Waals surface area (Å²) in [6.45, 7) is 2.07. The van der Waals surface area contributed by atoms with E-state index in [0.29, 0.717) is 6.61 Å². The minimum Gasteiger partial charge on any atom is -0.465 e. The molecule has 0 bridgehead atoms. The highest BCUT2D eigenvalue weighted by atomic mass is 35.5. The Morgan fingerprint density at radius 1 is 1.80 bits per heavy atom. The molecule has 0 rings (SSSR count). The lowest BCUT2D eigenvalue weighted by molar-refractivity contribution is -0.144. The fourth-order valence-electron chi connectivity index (χ4n) is 0.312. The zero-order valence-corrected chi connectivity index (χ0v) is 7.24. The van der Waals surface area contributed by atoms with Crippen LogP contribution in [0.1, 0.15) is 6.92 Å². The topological polar surface area (TPSA) is 52.3 Å². The van der Waals surface area contributed by atoms with Crippen molar-refractivity contribution in [2.45, 2.75) is 13.0 Å². The smallest absolute Gasteiger partial charge is 0.324 e. The van der Waals surface area contributed by atoms with Crippen LogP contribution in [0.25, 0.3) is 0 Å². The van der Waals surface area contributed by atoms with E-state index < -0.39 is 12.0 Å². The van der Waals surface area contributed by atoms with E-state index in [1.807, 2.05) is 0 Å². The molecule has 0 aliphatic rings. The van der Waals surface area contributed by atoms with Crippen molar-refractivity contribution in [2.75, 3.05) is 12.5 Å². The SMILES string of the molecule is CCOC(=O)C(N)CCl.Cl. The van der Waals surface area contributed by atoms with E-state index >= 15 is 0 Å². The van der Waals surface area contributed by atoms with E-state index in [9.17, 15) is 4.79 Å². The van der Waals surface area contributed by atoms with Crippen molar-refractivity contribution in [2.24, 2.45) is 5.73 Å². The first-order valence-corrected chi connectivity index (χ1v) is 3.24. The van der Waals surface area contributed by atoms with Gasteiger partial charge in [0.15, 0.2) is 0 Å². The predicted octanol–water partition coefficient (Wildman–Crippen LogP) is 0.537. The van der Waals surface area contributed by atoms with E-state index in [-0.39, 0.29) is 18.3 Å². The van der Waals surface area contributed by atoms with E-state index in [1.54, 1.807) is 6.92 Å². The van der Waals surface area contributed by atoms with Crippen LogP contribution in [0.5, 0.6) is 0 Å². The van der Waals surface area contributed by atoms with Crippen molar-refractivity contribution in [3.05, 3.63) is 0 Å². The third kappa shape index (κ3) is 4.85. The number of alkyl halides is 1. The molecule has 0 aromatic carbocycles. The minimum atomic E-state index is -0.674. The Kier molecular flexibility index (Phi) is 9.02. The van der Waals surface area contributed by atoms with Gasteiger partial charge in [-0.25, -0.2) is 0 Å². The number of carbonyl (C=O) groups excluding carboxylic acids is 1. The molecule has 0 radical (unpaired) electrons. The highest BCUT2D eigenvalue weighted by Gasteiger charge is 2.11. The zero-order chi connectivity index (χ0) is 7.28. The summed E-state index contributed by atoms with van der Waals surface area (Å²) in [5.74, 6) is -0.328. The van der Waals surface area contributed by atoms with Crippen LogP contribution in [-0.4, -0.2) is 24.5 Å². The molecule has 0 saturated heterocycles. The normalized spacial score (nSPS) is 11.5. The molecule has 0 aliphatic carbocycles. The van der Waals surface area contributed by atoms with Crippen LogP contribution in [0.3, 0.4) is 0 Å². The molecule has 1 atom stereocenters. The summed E-state index contributed by atoms with van der Waals surface area (Å²) in [5.41, 5.74) is 5.20. The van der Waals surface area contributed by atoms with Gasteiger partial charge in [-0.1, -0.05) is 0 Å². The average molecular weight is 188 g/mol. The van der Waals surface area contributed by atoms with Crippen molar-refractivity contribution in [3.8, 4) is 0 Å². The number of hydrogen-bond acceptors (Lipinski definition) is 3. The molecule has 10 heavy (non-hydrogen) atoms. The summed E-state index contributed by atoms with van der Waals surface area (Å²) in [7, 11) is 0. The maximum atomic E-state index is 10.5. The molecular formula is C5H11Cl2NO2. The minimum absolute atomic E-state index is 0. The monoisotopic (exact) mass is 187 g/mol. The van der Waals surface area contributed by atoms with Crippen LogP contribution in [0.15, 0.2) is 0 Å². The van der Waals surface area contributed by atoms with Gasteiger partial charge in [0.1, 0.15) is 6.04 Å². The summed E-state index contributed by atoms with van der Waals surface area (Å²) >= 11 is 5.26. The molecule has 0 fully saturated rings. The standard InChI is InChI=1S/C5H10ClNO2.ClH/c1-2-9-5(8)4(7)3-6;/h4H,2-3,7H2,1H3;1H. The number of esters is 1. The molecule has 2 N–H and O–H groups in total. The number of nitrogens with two attached hydrogens (primary N) is 1. The lowest BCUT2D eigenvalue weighted by Crippen LogP contribution is -2.33. The lowest BCUT2D eigenvalue weighted by Gasteiger charge is -2.04. The third-order valence-electron chi connectivity index (χ3n) is 0.756. The van der Waals surface area contributed by atoms with Crippen molar-refractivity contribution in [1.29, 1.82) is 0 Å². The van der Waals surface area contributed by atoms with Crippen LogP contribution < -0.4 is 5.73 Å². The summed E-state index contributed by atoms with van der Waals surface area (Å²) in [6.07, 6.45) is 0. The summed E-state index contributed by atoms with van der Waals surface area (Å²) in [5, 5.41) is 0. The fourth-order valence-corrected chi connectivity index (χ4v) is 0.438. The Bertz CT molecular complexity index is 99.6. The van der Waals surface area contributed by atoms with Gasteiger partial charge in [-0.3, -0.25) is 4.79 Å². The maximum Gasteiger partial charge on any atom is 0.324 e. The Labute approximate surface area is 71.3 Å². The summed E-state index contributed by atoms with van der Waals surface area (Å²) in [4.78, 5) is 10.5. The Morgan fingerprint density at radius 3 is 2.60 bits per heavy atom. The van der Waals surface area contributed by atoms with Crippen LogP contribution in [0.2, 0.25) is 0 Å². The van der Waals surface area contributed by atoms with Crippen LogP contribution in [0, 0.1) is 0 Å². The number of carbonyl (C=O) groups is 1. The second kappa shape index (κ2) is 7.12. The quantitative estimate of drug-likeness (QED) is 0.519. The van der Waals surface area contributed by atoms with Gasteiger partial charge in [0.2, 0.25) is 0 Å². The third-order valence-corrected chi connectivity index (χ3v) is 1.09. The van der Waals surface area contributed by atoms with Gasteiger partial charge in [-0.15, -0.1) is 24.0 Å². The van der Waals surface area contributed by atoms with Gasteiger partial charge >= 0.3 is 5.97 Å². The Balaban J connectivity index is 0. The maximum absolute atomic E-state index is 10.5. The van der Waals surface area contributed by atoms with Crippen molar-refractivity contribution < 1.29 is 9.53 Å².